The van der Waals surface area contributed by atoms with Crippen LogP contribution in [0.4, 0.5) is 0 Å². The highest BCUT2D eigenvalue weighted by Crippen LogP contribution is 2.39. The highest BCUT2D eigenvalue weighted by Gasteiger charge is 2.44. The minimum absolute atomic E-state index is 0.00899. The van der Waals surface area contributed by atoms with Crippen LogP contribution in [0.15, 0.2) is 0 Å². The largest absolute Gasteiger partial charge is 0.381 e. The van der Waals surface area contributed by atoms with E-state index in [1.807, 2.05) is 0 Å². The van der Waals surface area contributed by atoms with Crippen LogP contribution in [-0.4, -0.2) is 67.7 Å². The second-order valence-corrected chi connectivity index (χ2v) is 8.63. The fraction of sp³-hybridized carbons (Fsp3) is 0.950. The van der Waals surface area contributed by atoms with Gasteiger partial charge in [-0.1, -0.05) is 6.92 Å². The Bertz CT molecular complexity index is 486. The summed E-state index contributed by atoms with van der Waals surface area (Å²) in [6.45, 7) is 6.14. The smallest absolute Gasteiger partial charge is 0.237 e. The van der Waals surface area contributed by atoms with Gasteiger partial charge in [-0.25, -0.2) is 0 Å². The molecule has 6 nitrogen and oxygen atoms in total. The topological polar surface area (TPSA) is 60.0 Å². The number of hydrogen-bond acceptors (Lipinski definition) is 5. The van der Waals surface area contributed by atoms with Gasteiger partial charge in [0.1, 0.15) is 6.10 Å². The predicted octanol–water partition coefficient (Wildman–Crippen LogP) is 2.07. The van der Waals surface area contributed by atoms with E-state index in [0.29, 0.717) is 19.2 Å². The van der Waals surface area contributed by atoms with Crippen LogP contribution in [0.25, 0.3) is 0 Å². The highest BCUT2D eigenvalue weighted by atomic mass is 16.7. The van der Waals surface area contributed by atoms with Crippen molar-refractivity contribution in [3.8, 4) is 0 Å². The number of nitrogens with one attached hydrogen (secondary N) is 1. The quantitative estimate of drug-likeness (QED) is 0.825. The Hall–Kier alpha value is -0.690. The Morgan fingerprint density at radius 2 is 1.92 bits per heavy atom. The molecular weight excluding hydrogens is 332 g/mol. The highest BCUT2D eigenvalue weighted by molar-refractivity contribution is 5.82. The molecule has 0 aromatic rings. The third-order valence-corrected chi connectivity index (χ3v) is 6.71. The molecule has 0 bridgehead atoms. The van der Waals surface area contributed by atoms with Gasteiger partial charge in [-0.15, -0.1) is 0 Å². The minimum atomic E-state index is -0.372. The summed E-state index contributed by atoms with van der Waals surface area (Å²) in [5, 5.41) is 3.15. The molecule has 0 aromatic heterocycles. The molecule has 3 saturated heterocycles. The summed E-state index contributed by atoms with van der Waals surface area (Å²) in [5.41, 5.74) is 0. The van der Waals surface area contributed by atoms with Crippen molar-refractivity contribution in [1.82, 2.24) is 10.2 Å². The van der Waals surface area contributed by atoms with E-state index in [1.54, 1.807) is 0 Å². The number of amides is 1. The van der Waals surface area contributed by atoms with Gasteiger partial charge in [0.2, 0.25) is 5.91 Å². The lowest BCUT2D eigenvalue weighted by molar-refractivity contribution is -0.191. The zero-order chi connectivity index (χ0) is 18.0. The molecule has 148 valence electrons. The molecule has 1 N–H and O–H groups in total. The van der Waals surface area contributed by atoms with Gasteiger partial charge in [0.25, 0.3) is 0 Å². The first kappa shape index (κ1) is 18.7. The molecule has 0 radical (unpaired) electrons. The Labute approximate surface area is 156 Å². The van der Waals surface area contributed by atoms with Gasteiger partial charge in [-0.05, 0) is 51.0 Å². The Kier molecular flexibility index (Phi) is 5.84. The molecule has 3 heterocycles. The zero-order valence-electron chi connectivity index (χ0n) is 16.1. The maximum Gasteiger partial charge on any atom is 0.237 e. The number of hydrogen-bond donors (Lipinski definition) is 1. The maximum atomic E-state index is 12.8. The molecule has 1 saturated carbocycles. The molecule has 4 rings (SSSR count). The van der Waals surface area contributed by atoms with Crippen molar-refractivity contribution in [2.75, 3.05) is 32.9 Å². The summed E-state index contributed by atoms with van der Waals surface area (Å²) in [6, 6.07) is 0.519. The first-order chi connectivity index (χ1) is 12.7. The normalized spacial score (nSPS) is 39.5. The number of carbonyl (C=O) groups excluding carboxylic acids is 1. The lowest BCUT2D eigenvalue weighted by atomic mass is 9.86. The molecule has 4 aliphatic rings. The summed E-state index contributed by atoms with van der Waals surface area (Å²) in [5.74, 6) is 0.560. The van der Waals surface area contributed by atoms with Crippen LogP contribution in [0, 0.1) is 5.92 Å². The van der Waals surface area contributed by atoms with Crippen LogP contribution in [0.5, 0.6) is 0 Å². The molecular formula is C20H34N2O4. The average molecular weight is 367 g/mol. The number of ether oxygens (including phenoxy) is 3. The van der Waals surface area contributed by atoms with Crippen molar-refractivity contribution in [2.24, 2.45) is 5.92 Å². The summed E-state index contributed by atoms with van der Waals surface area (Å²) in [6.07, 6.45) is 8.46. The van der Waals surface area contributed by atoms with Crippen molar-refractivity contribution >= 4 is 5.91 Å². The number of carbonyl (C=O) groups is 1. The Balaban J connectivity index is 1.25. The van der Waals surface area contributed by atoms with Crippen LogP contribution in [0.2, 0.25) is 0 Å². The van der Waals surface area contributed by atoms with Gasteiger partial charge in [0.05, 0.1) is 12.6 Å². The van der Waals surface area contributed by atoms with Gasteiger partial charge < -0.3 is 19.5 Å². The van der Waals surface area contributed by atoms with E-state index in [0.717, 1.165) is 64.2 Å². The minimum Gasteiger partial charge on any atom is -0.381 e. The van der Waals surface area contributed by atoms with E-state index in [2.05, 4.69) is 17.1 Å². The average Bonchev–Trinajstić information content (AvgIpc) is 3.31. The van der Waals surface area contributed by atoms with E-state index in [-0.39, 0.29) is 23.8 Å². The molecule has 0 unspecified atom stereocenters. The molecule has 6 heteroatoms. The third-order valence-electron chi connectivity index (χ3n) is 6.71. The molecule has 4 fully saturated rings. The number of likely N-dealkylation sites (tertiary alicyclic amines) is 1. The van der Waals surface area contributed by atoms with Crippen molar-refractivity contribution < 1.29 is 19.0 Å². The van der Waals surface area contributed by atoms with E-state index < -0.39 is 0 Å². The SMILES string of the molecule is CC1CCC2(CC1)OC[C@@H](CNC(=O)[C@@H]1CCCN1C1CCOCC1)O2. The predicted molar refractivity (Wildman–Crippen MR) is 97.8 cm³/mol. The standard InChI is InChI=1S/C20H34N2O4/c1-15-4-8-20(9-5-15)25-14-17(26-20)13-21-19(23)18-3-2-10-22(18)16-6-11-24-12-7-16/h15-18H,2-14H2,1H3,(H,21,23)/t15?,17-,18+,20?/m1/s1. The van der Waals surface area contributed by atoms with Gasteiger partial charge in [-0.3, -0.25) is 9.69 Å². The van der Waals surface area contributed by atoms with Crippen LogP contribution in [0.1, 0.15) is 58.3 Å². The van der Waals surface area contributed by atoms with E-state index >= 15 is 0 Å². The van der Waals surface area contributed by atoms with E-state index in [4.69, 9.17) is 14.2 Å². The van der Waals surface area contributed by atoms with E-state index in [9.17, 15) is 4.79 Å². The maximum absolute atomic E-state index is 12.8. The summed E-state index contributed by atoms with van der Waals surface area (Å²) < 4.78 is 17.7. The molecule has 2 atom stereocenters. The molecule has 1 aliphatic carbocycles. The van der Waals surface area contributed by atoms with Gasteiger partial charge in [-0.2, -0.15) is 0 Å². The molecule has 3 aliphatic heterocycles. The molecule has 26 heavy (non-hydrogen) atoms. The van der Waals surface area contributed by atoms with Gasteiger partial charge >= 0.3 is 0 Å². The van der Waals surface area contributed by atoms with Crippen molar-refractivity contribution in [3.63, 3.8) is 0 Å². The van der Waals surface area contributed by atoms with Crippen LogP contribution >= 0.6 is 0 Å². The molecule has 0 aromatic carbocycles. The van der Waals surface area contributed by atoms with Gasteiger partial charge in [0, 0.05) is 38.6 Å². The molecule has 1 amide bonds. The first-order valence-electron chi connectivity index (χ1n) is 10.6. The summed E-state index contributed by atoms with van der Waals surface area (Å²) in [7, 11) is 0. The fourth-order valence-corrected chi connectivity index (χ4v) is 5.04. The van der Waals surface area contributed by atoms with Crippen LogP contribution < -0.4 is 5.32 Å². The number of rotatable bonds is 4. The zero-order valence-corrected chi connectivity index (χ0v) is 16.1. The second-order valence-electron chi connectivity index (χ2n) is 8.63. The molecule has 1 spiro atoms. The number of nitrogens with zero attached hydrogens (tertiary/aromatic N) is 1. The van der Waals surface area contributed by atoms with Crippen LogP contribution in [-0.2, 0) is 19.0 Å². The Morgan fingerprint density at radius 3 is 2.69 bits per heavy atom. The van der Waals surface area contributed by atoms with Crippen molar-refractivity contribution in [2.45, 2.75) is 82.3 Å². The van der Waals surface area contributed by atoms with Crippen molar-refractivity contribution in [1.29, 1.82) is 0 Å². The lowest BCUT2D eigenvalue weighted by Gasteiger charge is -2.35. The van der Waals surface area contributed by atoms with Crippen LogP contribution in [0.3, 0.4) is 0 Å². The monoisotopic (exact) mass is 366 g/mol. The lowest BCUT2D eigenvalue weighted by Crippen LogP contribution is -2.50. The van der Waals surface area contributed by atoms with Gasteiger partial charge in [0.15, 0.2) is 5.79 Å². The first-order valence-corrected chi connectivity index (χ1v) is 10.6. The Morgan fingerprint density at radius 1 is 1.15 bits per heavy atom. The fourth-order valence-electron chi connectivity index (χ4n) is 5.04. The van der Waals surface area contributed by atoms with Crippen molar-refractivity contribution in [3.05, 3.63) is 0 Å². The van der Waals surface area contributed by atoms with E-state index in [1.165, 1.54) is 12.8 Å². The third kappa shape index (κ3) is 4.08. The summed E-state index contributed by atoms with van der Waals surface area (Å²) in [4.78, 5) is 15.2. The second kappa shape index (κ2) is 8.13. The summed E-state index contributed by atoms with van der Waals surface area (Å²) >= 11 is 0.